The summed E-state index contributed by atoms with van der Waals surface area (Å²) < 4.78 is 26.7. The maximum atomic E-state index is 12.0. The number of hydrogen-bond acceptors (Lipinski definition) is 7. The molecule has 3 N–H and O–H groups in total. The van der Waals surface area contributed by atoms with Crippen LogP contribution in [0, 0.1) is 0 Å². The first-order valence-electron chi connectivity index (χ1n) is 19.2. The van der Waals surface area contributed by atoms with Crippen molar-refractivity contribution in [1.82, 2.24) is 5.32 Å². The summed E-state index contributed by atoms with van der Waals surface area (Å²) in [7, 11) is -4.40. The van der Waals surface area contributed by atoms with E-state index in [9.17, 15) is 24.2 Å². The van der Waals surface area contributed by atoms with E-state index in [1.807, 2.05) is 0 Å². The van der Waals surface area contributed by atoms with E-state index in [4.69, 9.17) is 13.8 Å². The average Bonchev–Trinajstić information content (AvgIpc) is 3.05. The lowest BCUT2D eigenvalue weighted by Crippen LogP contribution is -2.27. The van der Waals surface area contributed by atoms with Gasteiger partial charge in [0.1, 0.15) is 12.7 Å². The van der Waals surface area contributed by atoms with Crippen molar-refractivity contribution in [2.45, 2.75) is 187 Å². The minimum absolute atomic E-state index is 0.0850. The van der Waals surface area contributed by atoms with Crippen LogP contribution in [0.4, 0.5) is 0 Å². The largest absolute Gasteiger partial charge is 0.472 e. The SMILES string of the molecule is CCCCC/C=C\CCCCCCCC(=O)OCC(O)COP(=O)(O)OCCNC(=O)CCCCCCCCCCCCCCCC. The molecule has 0 aliphatic heterocycles. The Bertz CT molecular complexity index is 794. The Kier molecular flexibility index (Phi) is 33.7. The van der Waals surface area contributed by atoms with Crippen molar-refractivity contribution in [3.05, 3.63) is 12.2 Å². The van der Waals surface area contributed by atoms with Crippen molar-refractivity contribution in [2.24, 2.45) is 0 Å². The van der Waals surface area contributed by atoms with Gasteiger partial charge in [0.05, 0.1) is 13.2 Å². The topological polar surface area (TPSA) is 131 Å². The number of allylic oxidation sites excluding steroid dienone is 2. The molecular formula is C37H72NO8P. The minimum Gasteiger partial charge on any atom is -0.463 e. The summed E-state index contributed by atoms with van der Waals surface area (Å²) >= 11 is 0. The standard InChI is InChI=1S/C37H72NO8P/c1-3-5-7-9-11-13-15-17-18-19-21-23-25-27-29-36(40)38-31-32-45-47(42,43)46-34-35(39)33-44-37(41)30-28-26-24-22-20-16-14-12-10-8-6-4-2/h12,14,35,39H,3-11,13,15-34H2,1-2H3,(H,38,40)(H,42,43)/b14-12-. The Morgan fingerprint density at radius 3 is 1.64 bits per heavy atom. The fourth-order valence-electron chi connectivity index (χ4n) is 5.26. The molecule has 0 aliphatic rings. The van der Waals surface area contributed by atoms with Crippen molar-refractivity contribution in [3.8, 4) is 0 Å². The van der Waals surface area contributed by atoms with Gasteiger partial charge >= 0.3 is 13.8 Å². The van der Waals surface area contributed by atoms with Gasteiger partial charge in [0.25, 0.3) is 0 Å². The van der Waals surface area contributed by atoms with Crippen molar-refractivity contribution >= 4 is 19.7 Å². The van der Waals surface area contributed by atoms with Gasteiger partial charge in [0.2, 0.25) is 5.91 Å². The van der Waals surface area contributed by atoms with Gasteiger partial charge in [-0.15, -0.1) is 0 Å². The second-order valence-electron chi connectivity index (χ2n) is 12.9. The van der Waals surface area contributed by atoms with E-state index in [1.54, 1.807) is 0 Å². The highest BCUT2D eigenvalue weighted by Gasteiger charge is 2.23. The molecule has 0 aromatic rings. The van der Waals surface area contributed by atoms with Crippen LogP contribution in [0.3, 0.4) is 0 Å². The van der Waals surface area contributed by atoms with E-state index in [0.29, 0.717) is 6.42 Å². The second-order valence-corrected chi connectivity index (χ2v) is 14.4. The van der Waals surface area contributed by atoms with Crippen LogP contribution < -0.4 is 5.32 Å². The third kappa shape index (κ3) is 35.9. The Hall–Kier alpha value is -1.25. The molecule has 9 nitrogen and oxygen atoms in total. The highest BCUT2D eigenvalue weighted by atomic mass is 31.2. The fourth-order valence-corrected chi connectivity index (χ4v) is 6.01. The van der Waals surface area contributed by atoms with Gasteiger partial charge in [-0.2, -0.15) is 0 Å². The molecule has 0 saturated carbocycles. The van der Waals surface area contributed by atoms with Crippen molar-refractivity contribution in [1.29, 1.82) is 0 Å². The normalized spacial score (nSPS) is 13.5. The number of esters is 1. The number of ether oxygens (including phenoxy) is 1. The zero-order valence-corrected chi connectivity index (χ0v) is 31.1. The molecule has 0 saturated heterocycles. The van der Waals surface area contributed by atoms with Crippen molar-refractivity contribution in [2.75, 3.05) is 26.4 Å². The van der Waals surface area contributed by atoms with E-state index >= 15 is 0 Å². The van der Waals surface area contributed by atoms with Gasteiger partial charge in [-0.1, -0.05) is 142 Å². The summed E-state index contributed by atoms with van der Waals surface area (Å²) in [5.41, 5.74) is 0. The van der Waals surface area contributed by atoms with E-state index < -0.39 is 26.5 Å². The number of hydrogen-bond donors (Lipinski definition) is 3. The number of phosphoric acid groups is 1. The molecule has 0 rings (SSSR count). The van der Waals surface area contributed by atoms with Crippen molar-refractivity contribution in [3.63, 3.8) is 0 Å². The molecule has 278 valence electrons. The quantitative estimate of drug-likeness (QED) is 0.0256. The first kappa shape index (κ1) is 45.8. The Balaban J connectivity index is 3.61. The number of phosphoric ester groups is 1. The number of aliphatic hydroxyl groups excluding tert-OH is 1. The highest BCUT2D eigenvalue weighted by molar-refractivity contribution is 7.47. The van der Waals surface area contributed by atoms with Gasteiger partial charge in [-0.3, -0.25) is 18.6 Å². The number of carbonyl (C=O) groups excluding carboxylic acids is 2. The number of rotatable bonds is 36. The van der Waals surface area contributed by atoms with Crippen LogP contribution in [-0.4, -0.2) is 54.3 Å². The molecule has 47 heavy (non-hydrogen) atoms. The van der Waals surface area contributed by atoms with Crippen LogP contribution in [0.15, 0.2) is 12.2 Å². The van der Waals surface area contributed by atoms with Crippen molar-refractivity contribution < 1.29 is 37.9 Å². The molecule has 0 aromatic carbocycles. The van der Waals surface area contributed by atoms with Crippen LogP contribution >= 0.6 is 7.82 Å². The number of nitrogens with one attached hydrogen (secondary N) is 1. The van der Waals surface area contributed by atoms with Gasteiger partial charge in [-0.25, -0.2) is 4.57 Å². The van der Waals surface area contributed by atoms with Crippen LogP contribution in [0.25, 0.3) is 0 Å². The van der Waals surface area contributed by atoms with Gasteiger partial charge < -0.3 is 20.1 Å². The zero-order chi connectivity index (χ0) is 34.7. The number of amides is 1. The average molecular weight is 690 g/mol. The summed E-state index contributed by atoms with van der Waals surface area (Å²) in [5, 5.41) is 12.6. The van der Waals surface area contributed by atoms with E-state index in [0.717, 1.165) is 57.8 Å². The summed E-state index contributed by atoms with van der Waals surface area (Å²) in [6, 6.07) is 0. The lowest BCUT2D eigenvalue weighted by molar-refractivity contribution is -0.147. The number of unbranched alkanes of at least 4 members (excludes halogenated alkanes) is 21. The third-order valence-electron chi connectivity index (χ3n) is 8.20. The number of aliphatic hydroxyl groups is 1. The molecule has 0 spiro atoms. The van der Waals surface area contributed by atoms with Crippen LogP contribution in [0.2, 0.25) is 0 Å². The first-order chi connectivity index (χ1) is 22.8. The Morgan fingerprint density at radius 2 is 1.09 bits per heavy atom. The molecule has 0 fully saturated rings. The minimum atomic E-state index is -4.40. The Morgan fingerprint density at radius 1 is 0.638 bits per heavy atom. The summed E-state index contributed by atoms with van der Waals surface area (Å²) in [4.78, 5) is 33.7. The summed E-state index contributed by atoms with van der Waals surface area (Å²) in [5.74, 6) is -0.522. The van der Waals surface area contributed by atoms with Gasteiger partial charge in [-0.05, 0) is 38.5 Å². The maximum absolute atomic E-state index is 12.0. The summed E-state index contributed by atoms with van der Waals surface area (Å²) in [6.07, 6.45) is 32.8. The molecule has 2 unspecified atom stereocenters. The highest BCUT2D eigenvalue weighted by Crippen LogP contribution is 2.42. The molecule has 10 heteroatoms. The van der Waals surface area contributed by atoms with Crippen LogP contribution in [-0.2, 0) is 27.9 Å². The molecule has 1 amide bonds. The monoisotopic (exact) mass is 689 g/mol. The number of carbonyl (C=O) groups is 2. The molecule has 0 radical (unpaired) electrons. The fraction of sp³-hybridized carbons (Fsp3) is 0.892. The van der Waals surface area contributed by atoms with E-state index in [2.05, 4.69) is 31.3 Å². The lowest BCUT2D eigenvalue weighted by atomic mass is 10.0. The zero-order valence-electron chi connectivity index (χ0n) is 30.2. The van der Waals surface area contributed by atoms with E-state index in [-0.39, 0.29) is 32.1 Å². The predicted molar refractivity (Wildman–Crippen MR) is 192 cm³/mol. The maximum Gasteiger partial charge on any atom is 0.472 e. The smallest absolute Gasteiger partial charge is 0.463 e. The van der Waals surface area contributed by atoms with Gasteiger partial charge in [0.15, 0.2) is 0 Å². The molecular weight excluding hydrogens is 617 g/mol. The molecule has 0 bridgehead atoms. The molecule has 0 aliphatic carbocycles. The lowest BCUT2D eigenvalue weighted by Gasteiger charge is -2.15. The Labute approximate surface area is 288 Å². The molecule has 0 aromatic heterocycles. The first-order valence-corrected chi connectivity index (χ1v) is 20.7. The van der Waals surface area contributed by atoms with Gasteiger partial charge in [0, 0.05) is 19.4 Å². The third-order valence-corrected chi connectivity index (χ3v) is 9.18. The molecule has 2 atom stereocenters. The van der Waals surface area contributed by atoms with Crippen LogP contribution in [0.1, 0.15) is 181 Å². The predicted octanol–water partition coefficient (Wildman–Crippen LogP) is 9.88. The second kappa shape index (κ2) is 34.6. The summed E-state index contributed by atoms with van der Waals surface area (Å²) in [6.45, 7) is 3.52. The van der Waals surface area contributed by atoms with E-state index in [1.165, 1.54) is 96.3 Å². The van der Waals surface area contributed by atoms with Crippen LogP contribution in [0.5, 0.6) is 0 Å². The molecule has 0 heterocycles.